The molecule has 7 heteroatoms. The van der Waals surface area contributed by atoms with Crippen LogP contribution in [0.4, 0.5) is 9.18 Å². The fourth-order valence-corrected chi connectivity index (χ4v) is 5.37. The quantitative estimate of drug-likeness (QED) is 0.354. The topological polar surface area (TPSA) is 47.6 Å². The average Bonchev–Trinajstić information content (AvgIpc) is 3.22. The summed E-state index contributed by atoms with van der Waals surface area (Å²) in [5.74, 6) is 0.495. The molecule has 1 saturated heterocycles. The minimum absolute atomic E-state index is 0.0105. The van der Waals surface area contributed by atoms with E-state index in [0.717, 1.165) is 26.7 Å². The van der Waals surface area contributed by atoms with Crippen LogP contribution in [0, 0.1) is 0 Å². The van der Waals surface area contributed by atoms with Crippen LogP contribution in [0.15, 0.2) is 82.6 Å². The van der Waals surface area contributed by atoms with Gasteiger partial charge in [-0.25, -0.2) is 9.18 Å². The van der Waals surface area contributed by atoms with Gasteiger partial charge in [0.05, 0.1) is 0 Å². The van der Waals surface area contributed by atoms with Crippen molar-refractivity contribution >= 4 is 29.5 Å². The first kappa shape index (κ1) is 23.5. The van der Waals surface area contributed by atoms with E-state index in [1.807, 2.05) is 79.7 Å². The fourth-order valence-electron chi connectivity index (χ4n) is 4.09. The molecule has 1 aliphatic rings. The summed E-state index contributed by atoms with van der Waals surface area (Å²) < 4.78 is 24.9. The number of hydrogen-bond acceptors (Lipinski definition) is 4. The van der Waals surface area contributed by atoms with Gasteiger partial charge in [0.1, 0.15) is 31.2 Å². The molecule has 33 heavy (non-hydrogen) atoms. The summed E-state index contributed by atoms with van der Waals surface area (Å²) in [6, 6.07) is 23.7. The Morgan fingerprint density at radius 2 is 1.91 bits per heavy atom. The number of rotatable bonds is 9. The lowest BCUT2D eigenvalue weighted by Gasteiger charge is -2.33. The number of alkyl carbamates (subject to hydrolysis) is 1. The average molecular weight is 486 g/mol. The summed E-state index contributed by atoms with van der Waals surface area (Å²) in [5.41, 5.74) is 0.819. The summed E-state index contributed by atoms with van der Waals surface area (Å²) in [7, 11) is 0. The lowest BCUT2D eigenvalue weighted by Crippen LogP contribution is -2.50. The first-order valence-corrected chi connectivity index (χ1v) is 12.0. The Morgan fingerprint density at radius 1 is 1.12 bits per heavy atom. The summed E-state index contributed by atoms with van der Waals surface area (Å²) in [6.07, 6.45) is 0.0179. The van der Waals surface area contributed by atoms with Crippen molar-refractivity contribution in [1.82, 2.24) is 5.32 Å². The second-order valence-corrected chi connectivity index (χ2v) is 9.54. The zero-order valence-corrected chi connectivity index (χ0v) is 19.8. The molecule has 172 valence electrons. The summed E-state index contributed by atoms with van der Waals surface area (Å²) in [5, 5.41) is 3.20. The number of hydrogen-bond donors (Lipinski definition) is 1. The Morgan fingerprint density at radius 3 is 2.58 bits per heavy atom. The first-order chi connectivity index (χ1) is 16.0. The molecule has 4 rings (SSSR count). The van der Waals surface area contributed by atoms with Crippen molar-refractivity contribution in [2.45, 2.75) is 41.2 Å². The van der Waals surface area contributed by atoms with Crippen molar-refractivity contribution in [3.05, 3.63) is 88.9 Å². The maximum absolute atomic E-state index is 14.0. The molecule has 0 aromatic heterocycles. The van der Waals surface area contributed by atoms with Gasteiger partial charge in [0.15, 0.2) is 0 Å². The minimum atomic E-state index is -1.09. The number of halogens is 2. The van der Waals surface area contributed by atoms with Crippen LogP contribution in [0.5, 0.6) is 5.75 Å². The molecule has 0 spiro atoms. The van der Waals surface area contributed by atoms with Gasteiger partial charge in [-0.05, 0) is 47.9 Å². The van der Waals surface area contributed by atoms with Crippen LogP contribution in [0.1, 0.15) is 30.4 Å². The van der Waals surface area contributed by atoms with Crippen LogP contribution in [0.2, 0.25) is 5.02 Å². The highest BCUT2D eigenvalue weighted by molar-refractivity contribution is 7.99. The molecular formula is C26H25ClFNO3S. The van der Waals surface area contributed by atoms with Gasteiger partial charge in [-0.2, -0.15) is 0 Å². The molecule has 1 fully saturated rings. The number of amides is 1. The molecular weight excluding hydrogens is 461 g/mol. The van der Waals surface area contributed by atoms with Crippen molar-refractivity contribution in [1.29, 1.82) is 0 Å². The Labute approximate surface area is 202 Å². The van der Waals surface area contributed by atoms with E-state index in [-0.39, 0.29) is 12.5 Å². The molecule has 4 nitrogen and oxygen atoms in total. The number of benzene rings is 3. The SMILES string of the molecule is CCC(c1ccc(Sc2cccc(OCc3ccccc3)c2)cc1Cl)C1(CF)COC(=O)N1. The fraction of sp³-hybridized carbons (Fsp3) is 0.269. The second kappa shape index (κ2) is 10.5. The third-order valence-corrected chi connectivity index (χ3v) is 7.07. The molecule has 1 N–H and O–H groups in total. The number of carbonyl (C=O) groups is 1. The first-order valence-electron chi connectivity index (χ1n) is 10.8. The van der Waals surface area contributed by atoms with Gasteiger partial charge in [0, 0.05) is 20.7 Å². The number of alkyl halides is 1. The molecule has 1 heterocycles. The van der Waals surface area contributed by atoms with E-state index in [1.165, 1.54) is 0 Å². The van der Waals surface area contributed by atoms with Crippen molar-refractivity contribution in [3.8, 4) is 5.75 Å². The van der Waals surface area contributed by atoms with Crippen LogP contribution in [0.25, 0.3) is 0 Å². The largest absolute Gasteiger partial charge is 0.489 e. The summed E-state index contributed by atoms with van der Waals surface area (Å²) >= 11 is 8.21. The molecule has 0 radical (unpaired) electrons. The van der Waals surface area contributed by atoms with E-state index in [0.29, 0.717) is 18.1 Å². The van der Waals surface area contributed by atoms with Crippen molar-refractivity contribution in [3.63, 3.8) is 0 Å². The number of ether oxygens (including phenoxy) is 2. The predicted octanol–water partition coefficient (Wildman–Crippen LogP) is 7.01. The van der Waals surface area contributed by atoms with E-state index in [9.17, 15) is 9.18 Å². The third-order valence-electron chi connectivity index (χ3n) is 5.76. The van der Waals surface area contributed by atoms with Gasteiger partial charge >= 0.3 is 6.09 Å². The van der Waals surface area contributed by atoms with E-state index in [4.69, 9.17) is 21.1 Å². The van der Waals surface area contributed by atoms with Gasteiger partial charge in [-0.1, -0.05) is 72.8 Å². The van der Waals surface area contributed by atoms with E-state index in [2.05, 4.69) is 5.32 Å². The third kappa shape index (κ3) is 5.45. The Balaban J connectivity index is 1.48. The zero-order chi connectivity index (χ0) is 23.3. The highest BCUT2D eigenvalue weighted by Gasteiger charge is 2.47. The normalized spacial score (nSPS) is 18.5. The zero-order valence-electron chi connectivity index (χ0n) is 18.2. The molecule has 0 saturated carbocycles. The Hall–Kier alpha value is -2.70. The molecule has 2 unspecified atom stereocenters. The molecule has 3 aromatic rings. The number of cyclic esters (lactones) is 1. The molecule has 0 aliphatic carbocycles. The van der Waals surface area contributed by atoms with Crippen molar-refractivity contribution in [2.24, 2.45) is 0 Å². The van der Waals surface area contributed by atoms with Crippen LogP contribution in [-0.4, -0.2) is 24.9 Å². The van der Waals surface area contributed by atoms with Gasteiger partial charge in [-0.3, -0.25) is 0 Å². The molecule has 3 aromatic carbocycles. The maximum atomic E-state index is 14.0. The monoisotopic (exact) mass is 485 g/mol. The van der Waals surface area contributed by atoms with Crippen LogP contribution < -0.4 is 10.1 Å². The standard InChI is InChI=1S/C26H25ClFNO3S/c1-2-23(26(16-28)17-32-25(30)29-26)22-12-11-21(14-24(22)27)33-20-10-6-9-19(13-20)31-15-18-7-4-3-5-8-18/h3-14,23H,2,15-17H2,1H3,(H,29,30). The molecule has 1 amide bonds. The summed E-state index contributed by atoms with van der Waals surface area (Å²) in [6.45, 7) is 1.72. The second-order valence-electron chi connectivity index (χ2n) is 7.99. The van der Waals surface area contributed by atoms with Crippen LogP contribution in [0.3, 0.4) is 0 Å². The van der Waals surface area contributed by atoms with E-state index < -0.39 is 18.3 Å². The van der Waals surface area contributed by atoms with Crippen LogP contribution >= 0.6 is 23.4 Å². The lowest BCUT2D eigenvalue weighted by atomic mass is 9.79. The van der Waals surface area contributed by atoms with Crippen LogP contribution in [-0.2, 0) is 11.3 Å². The highest BCUT2D eigenvalue weighted by Crippen LogP contribution is 2.40. The molecule has 0 bridgehead atoms. The van der Waals surface area contributed by atoms with Gasteiger partial charge in [0.2, 0.25) is 0 Å². The lowest BCUT2D eigenvalue weighted by molar-refractivity contribution is 0.158. The highest BCUT2D eigenvalue weighted by atomic mass is 35.5. The van der Waals surface area contributed by atoms with E-state index in [1.54, 1.807) is 11.8 Å². The van der Waals surface area contributed by atoms with Gasteiger partial charge < -0.3 is 14.8 Å². The molecule has 2 atom stereocenters. The maximum Gasteiger partial charge on any atom is 0.407 e. The molecule has 1 aliphatic heterocycles. The Kier molecular flexibility index (Phi) is 7.46. The van der Waals surface area contributed by atoms with Crippen molar-refractivity contribution < 1.29 is 18.7 Å². The minimum Gasteiger partial charge on any atom is -0.489 e. The van der Waals surface area contributed by atoms with Gasteiger partial charge in [0.25, 0.3) is 0 Å². The Bertz CT molecular complexity index is 1110. The number of carbonyl (C=O) groups excluding carboxylic acids is 1. The van der Waals surface area contributed by atoms with Gasteiger partial charge in [-0.15, -0.1) is 0 Å². The predicted molar refractivity (Wildman–Crippen MR) is 129 cm³/mol. The number of nitrogens with one attached hydrogen (secondary N) is 1. The smallest absolute Gasteiger partial charge is 0.407 e. The summed E-state index contributed by atoms with van der Waals surface area (Å²) in [4.78, 5) is 13.6. The van der Waals surface area contributed by atoms with E-state index >= 15 is 0 Å². The van der Waals surface area contributed by atoms with Crippen molar-refractivity contribution in [2.75, 3.05) is 13.3 Å².